The second kappa shape index (κ2) is 11.4. The van der Waals surface area contributed by atoms with E-state index in [-0.39, 0.29) is 30.4 Å². The first-order chi connectivity index (χ1) is 19.3. The number of hydrogen-bond donors (Lipinski definition) is 4. The molecule has 2 heterocycles. The number of benzene rings is 3. The average Bonchev–Trinajstić information content (AvgIpc) is 3.33. The number of carbonyl (C=O) groups is 2. The zero-order valence-corrected chi connectivity index (χ0v) is 21.5. The number of nitrogens with one attached hydrogen (secondary N) is 3. The maximum atomic E-state index is 14.1. The van der Waals surface area contributed by atoms with Gasteiger partial charge in [0.15, 0.2) is 0 Å². The summed E-state index contributed by atoms with van der Waals surface area (Å²) >= 11 is 0. The third-order valence-corrected chi connectivity index (χ3v) is 6.63. The summed E-state index contributed by atoms with van der Waals surface area (Å²) in [5.41, 5.74) is 4.08. The molecule has 9 heteroatoms. The van der Waals surface area contributed by atoms with Crippen LogP contribution in [0.15, 0.2) is 85.2 Å². The van der Waals surface area contributed by atoms with Crippen molar-refractivity contribution in [2.24, 2.45) is 0 Å². The van der Waals surface area contributed by atoms with Crippen molar-refractivity contribution in [3.05, 3.63) is 119 Å². The molecule has 0 saturated carbocycles. The van der Waals surface area contributed by atoms with Gasteiger partial charge in [0.2, 0.25) is 5.91 Å². The van der Waals surface area contributed by atoms with Crippen LogP contribution in [-0.2, 0) is 17.6 Å². The van der Waals surface area contributed by atoms with E-state index in [9.17, 15) is 23.5 Å². The number of fused-ring (bicyclic) bond motifs is 1. The molecular formula is C31H26F2N4O3. The Morgan fingerprint density at radius 1 is 1.00 bits per heavy atom. The van der Waals surface area contributed by atoms with Crippen molar-refractivity contribution in [2.45, 2.75) is 18.9 Å². The molecule has 0 bridgehead atoms. The maximum absolute atomic E-state index is 14.1. The molecule has 0 aliphatic carbocycles. The fraction of sp³-hybridized carbons (Fsp3) is 0.129. The molecule has 4 N–H and O–H groups in total. The number of halogens is 2. The van der Waals surface area contributed by atoms with Crippen LogP contribution >= 0.6 is 0 Å². The summed E-state index contributed by atoms with van der Waals surface area (Å²) in [5, 5.41) is 16.2. The fourth-order valence-electron chi connectivity index (χ4n) is 4.82. The van der Waals surface area contributed by atoms with Crippen molar-refractivity contribution >= 4 is 22.7 Å². The van der Waals surface area contributed by atoms with E-state index in [2.05, 4.69) is 20.6 Å². The first kappa shape index (κ1) is 26.6. The molecule has 0 aliphatic rings. The highest BCUT2D eigenvalue weighted by Crippen LogP contribution is 2.30. The number of phenolic OH excluding ortho intramolecular Hbond substituents is 1. The minimum atomic E-state index is -0.757. The first-order valence-corrected chi connectivity index (χ1v) is 12.6. The summed E-state index contributed by atoms with van der Waals surface area (Å²) < 4.78 is 28.1. The molecule has 0 radical (unpaired) electrons. The van der Waals surface area contributed by atoms with Gasteiger partial charge in [0.1, 0.15) is 17.4 Å². The molecule has 0 saturated heterocycles. The smallest absolute Gasteiger partial charge is 0.251 e. The number of amides is 2. The van der Waals surface area contributed by atoms with Crippen molar-refractivity contribution in [1.82, 2.24) is 20.6 Å². The number of aromatic hydroxyl groups is 1. The predicted octanol–water partition coefficient (Wildman–Crippen LogP) is 5.22. The second-order valence-corrected chi connectivity index (χ2v) is 9.42. The number of H-pyrrole nitrogens is 1. The minimum Gasteiger partial charge on any atom is -0.508 e. The van der Waals surface area contributed by atoms with Crippen LogP contribution in [-0.4, -0.2) is 33.9 Å². The molecule has 202 valence electrons. The SMILES string of the molecule is CNC(=O)c1cccc(-c2cccnc2[C@H](Cc2cc(F)cc(F)c2)NC(=O)Cc2c[nH]c3ccc(O)cc23)c1. The third kappa shape index (κ3) is 5.83. The molecule has 2 aromatic heterocycles. The second-order valence-electron chi connectivity index (χ2n) is 9.42. The van der Waals surface area contributed by atoms with Crippen LogP contribution in [0.5, 0.6) is 5.75 Å². The van der Waals surface area contributed by atoms with Crippen LogP contribution in [0.1, 0.15) is 33.2 Å². The van der Waals surface area contributed by atoms with Gasteiger partial charge in [-0.15, -0.1) is 0 Å². The fourth-order valence-corrected chi connectivity index (χ4v) is 4.82. The number of pyridine rings is 1. The molecular weight excluding hydrogens is 514 g/mol. The Kier molecular flexibility index (Phi) is 7.54. The van der Waals surface area contributed by atoms with Crippen molar-refractivity contribution in [3.8, 4) is 16.9 Å². The Bertz CT molecular complexity index is 1700. The van der Waals surface area contributed by atoms with Crippen LogP contribution in [0.3, 0.4) is 0 Å². The Labute approximate surface area is 228 Å². The van der Waals surface area contributed by atoms with E-state index in [1.807, 2.05) is 12.1 Å². The largest absolute Gasteiger partial charge is 0.508 e. The van der Waals surface area contributed by atoms with Crippen LogP contribution in [0.2, 0.25) is 0 Å². The lowest BCUT2D eigenvalue weighted by atomic mass is 9.94. The van der Waals surface area contributed by atoms with Gasteiger partial charge >= 0.3 is 0 Å². The number of carbonyl (C=O) groups excluding carboxylic acids is 2. The summed E-state index contributed by atoms with van der Waals surface area (Å²) in [4.78, 5) is 33.3. The molecule has 0 spiro atoms. The van der Waals surface area contributed by atoms with Gasteiger partial charge in [-0.2, -0.15) is 0 Å². The number of aromatic amines is 1. The van der Waals surface area contributed by atoms with Crippen molar-refractivity contribution in [2.75, 3.05) is 7.05 Å². The molecule has 0 unspecified atom stereocenters. The third-order valence-electron chi connectivity index (χ3n) is 6.63. The maximum Gasteiger partial charge on any atom is 0.251 e. The Hall–Kier alpha value is -5.05. The monoisotopic (exact) mass is 540 g/mol. The number of phenols is 1. The predicted molar refractivity (Wildman–Crippen MR) is 148 cm³/mol. The Morgan fingerprint density at radius 2 is 1.80 bits per heavy atom. The summed E-state index contributed by atoms with van der Waals surface area (Å²) in [5.74, 6) is -1.97. The summed E-state index contributed by atoms with van der Waals surface area (Å²) in [7, 11) is 1.54. The molecule has 2 amide bonds. The van der Waals surface area contributed by atoms with Crippen molar-refractivity contribution < 1.29 is 23.5 Å². The summed E-state index contributed by atoms with van der Waals surface area (Å²) in [6.07, 6.45) is 3.34. The average molecular weight is 541 g/mol. The number of rotatable bonds is 8. The molecule has 3 aromatic carbocycles. The molecule has 7 nitrogen and oxygen atoms in total. The summed E-state index contributed by atoms with van der Waals surface area (Å²) in [6, 6.07) is 17.9. The lowest BCUT2D eigenvalue weighted by Gasteiger charge is -2.22. The van der Waals surface area contributed by atoms with Gasteiger partial charge in [-0.3, -0.25) is 14.6 Å². The van der Waals surface area contributed by atoms with E-state index in [0.717, 1.165) is 11.6 Å². The number of aromatic nitrogens is 2. The normalized spacial score (nSPS) is 11.8. The zero-order valence-electron chi connectivity index (χ0n) is 21.5. The van der Waals surface area contributed by atoms with Crippen LogP contribution in [0.4, 0.5) is 8.78 Å². The molecule has 0 fully saturated rings. The summed E-state index contributed by atoms with van der Waals surface area (Å²) in [6.45, 7) is 0. The van der Waals surface area contributed by atoms with Gasteiger partial charge in [-0.1, -0.05) is 18.2 Å². The van der Waals surface area contributed by atoms with Gasteiger partial charge in [0.05, 0.1) is 18.2 Å². The number of nitrogens with zero attached hydrogens (tertiary/aromatic N) is 1. The van der Waals surface area contributed by atoms with Crippen LogP contribution in [0, 0.1) is 11.6 Å². The van der Waals surface area contributed by atoms with E-state index in [4.69, 9.17) is 0 Å². The molecule has 0 aliphatic heterocycles. The Balaban J connectivity index is 1.51. The molecule has 5 aromatic rings. The minimum absolute atomic E-state index is 0.00815. The first-order valence-electron chi connectivity index (χ1n) is 12.6. The van der Waals surface area contributed by atoms with Crippen LogP contribution < -0.4 is 10.6 Å². The van der Waals surface area contributed by atoms with Gasteiger partial charge in [-0.25, -0.2) is 8.78 Å². The molecule has 40 heavy (non-hydrogen) atoms. The van der Waals surface area contributed by atoms with Gasteiger partial charge < -0.3 is 20.7 Å². The zero-order chi connectivity index (χ0) is 28.2. The van der Waals surface area contributed by atoms with Gasteiger partial charge in [-0.05, 0) is 71.6 Å². The highest BCUT2D eigenvalue weighted by Gasteiger charge is 2.22. The highest BCUT2D eigenvalue weighted by molar-refractivity contribution is 5.95. The standard InChI is InChI=1S/C31H26F2N4O3/c1-34-31(40)20-5-2-4-19(13-20)25-6-3-9-35-30(25)28(12-18-10-22(32)15-23(33)11-18)37-29(39)14-21-17-36-27-8-7-24(38)16-26(21)27/h2-11,13,15-17,28,36,38H,12,14H2,1H3,(H,34,40)(H,37,39)/t28-/m0/s1. The van der Waals surface area contributed by atoms with Gasteiger partial charge in [0.25, 0.3) is 5.91 Å². The van der Waals surface area contributed by atoms with Crippen LogP contribution in [0.25, 0.3) is 22.0 Å². The van der Waals surface area contributed by atoms with E-state index in [1.165, 1.54) is 12.1 Å². The lowest BCUT2D eigenvalue weighted by molar-refractivity contribution is -0.121. The Morgan fingerprint density at radius 3 is 2.58 bits per heavy atom. The topological polar surface area (TPSA) is 107 Å². The molecule has 5 rings (SSSR count). The highest BCUT2D eigenvalue weighted by atomic mass is 19.1. The number of hydrogen-bond acceptors (Lipinski definition) is 4. The van der Waals surface area contributed by atoms with E-state index in [1.54, 1.807) is 61.9 Å². The van der Waals surface area contributed by atoms with Gasteiger partial charge in [0, 0.05) is 47.5 Å². The van der Waals surface area contributed by atoms with Crippen molar-refractivity contribution in [1.29, 1.82) is 0 Å². The lowest BCUT2D eigenvalue weighted by Crippen LogP contribution is -2.32. The van der Waals surface area contributed by atoms with E-state index < -0.39 is 17.7 Å². The quantitative estimate of drug-likeness (QED) is 0.217. The van der Waals surface area contributed by atoms with Crippen molar-refractivity contribution in [3.63, 3.8) is 0 Å². The van der Waals surface area contributed by atoms with E-state index in [0.29, 0.717) is 38.9 Å². The van der Waals surface area contributed by atoms with E-state index >= 15 is 0 Å². The molecule has 1 atom stereocenters.